The lowest BCUT2D eigenvalue weighted by Gasteiger charge is -2.38. The lowest BCUT2D eigenvalue weighted by molar-refractivity contribution is 0.106. The maximum Gasteiger partial charge on any atom is 0.0638 e. The Labute approximate surface area is 113 Å². The van der Waals surface area contributed by atoms with E-state index in [4.69, 9.17) is 0 Å². The predicted octanol–water partition coefficient (Wildman–Crippen LogP) is 2.10. The van der Waals surface area contributed by atoms with Crippen LogP contribution in [-0.4, -0.2) is 49.3 Å². The van der Waals surface area contributed by atoms with Gasteiger partial charge in [0.1, 0.15) is 0 Å². The molecule has 0 radical (unpaired) electrons. The van der Waals surface area contributed by atoms with Crippen molar-refractivity contribution in [3.05, 3.63) is 0 Å². The first kappa shape index (κ1) is 15.9. The Bertz CT molecular complexity index is 221. The fourth-order valence-corrected chi connectivity index (χ4v) is 3.54. The summed E-state index contributed by atoms with van der Waals surface area (Å²) in [5, 5.41) is 12.9. The fraction of sp³-hybridized carbons (Fsp3) is 1.00. The summed E-state index contributed by atoms with van der Waals surface area (Å²) < 4.78 is 0. The van der Waals surface area contributed by atoms with Crippen molar-refractivity contribution in [1.29, 1.82) is 0 Å². The number of aliphatic hydroxyl groups is 1. The predicted molar refractivity (Wildman–Crippen MR) is 77.8 cm³/mol. The molecule has 2 N–H and O–H groups in total. The van der Waals surface area contributed by atoms with E-state index in [0.29, 0.717) is 6.04 Å². The Morgan fingerprint density at radius 1 is 1.39 bits per heavy atom. The summed E-state index contributed by atoms with van der Waals surface area (Å²) in [5.74, 6) is 1.66. The van der Waals surface area contributed by atoms with E-state index in [1.54, 1.807) is 0 Å². The van der Waals surface area contributed by atoms with Crippen LogP contribution in [-0.2, 0) is 0 Å². The summed E-state index contributed by atoms with van der Waals surface area (Å²) in [4.78, 5) is 2.29. The first-order valence-corrected chi connectivity index (χ1v) is 7.60. The average Bonchev–Trinajstić information content (AvgIpc) is 2.28. The van der Waals surface area contributed by atoms with Crippen LogP contribution in [0.15, 0.2) is 0 Å². The molecule has 3 heteroatoms. The first-order chi connectivity index (χ1) is 8.56. The highest BCUT2D eigenvalue weighted by atomic mass is 16.3. The van der Waals surface area contributed by atoms with Crippen LogP contribution in [0.2, 0.25) is 0 Å². The highest BCUT2D eigenvalue weighted by molar-refractivity contribution is 4.85. The van der Waals surface area contributed by atoms with Crippen molar-refractivity contribution in [2.24, 2.45) is 11.8 Å². The summed E-state index contributed by atoms with van der Waals surface area (Å²) in [7, 11) is 4.22. The van der Waals surface area contributed by atoms with Crippen LogP contribution in [0.25, 0.3) is 0 Å². The van der Waals surface area contributed by atoms with Gasteiger partial charge in [0.2, 0.25) is 0 Å². The van der Waals surface area contributed by atoms with Gasteiger partial charge in [-0.25, -0.2) is 0 Å². The molecule has 1 aliphatic rings. The summed E-state index contributed by atoms with van der Waals surface area (Å²) in [5.41, 5.74) is 0. The van der Waals surface area contributed by atoms with Gasteiger partial charge in [0.15, 0.2) is 0 Å². The van der Waals surface area contributed by atoms with Gasteiger partial charge >= 0.3 is 0 Å². The fourth-order valence-electron chi connectivity index (χ4n) is 3.54. The molecule has 0 aliphatic heterocycles. The van der Waals surface area contributed by atoms with Gasteiger partial charge in [-0.15, -0.1) is 0 Å². The third-order valence-electron chi connectivity index (χ3n) is 4.28. The molecule has 0 aromatic heterocycles. The number of nitrogens with one attached hydrogen (secondary N) is 1. The number of nitrogens with zero attached hydrogens (tertiary/aromatic N) is 1. The van der Waals surface area contributed by atoms with Gasteiger partial charge in [0.25, 0.3) is 0 Å². The molecule has 0 aromatic carbocycles. The molecule has 4 unspecified atom stereocenters. The number of rotatable bonds is 7. The topological polar surface area (TPSA) is 35.5 Å². The number of hydrogen-bond acceptors (Lipinski definition) is 3. The Morgan fingerprint density at radius 2 is 2.11 bits per heavy atom. The van der Waals surface area contributed by atoms with Crippen LogP contribution in [0.4, 0.5) is 0 Å². The van der Waals surface area contributed by atoms with Gasteiger partial charge in [0.05, 0.1) is 6.10 Å². The molecule has 1 saturated carbocycles. The highest BCUT2D eigenvalue weighted by Crippen LogP contribution is 2.32. The molecule has 0 saturated heterocycles. The molecule has 1 aliphatic carbocycles. The minimum absolute atomic E-state index is 0.224. The van der Waals surface area contributed by atoms with E-state index in [1.807, 2.05) is 6.92 Å². The zero-order valence-corrected chi connectivity index (χ0v) is 12.7. The van der Waals surface area contributed by atoms with Crippen molar-refractivity contribution in [2.45, 2.75) is 58.1 Å². The van der Waals surface area contributed by atoms with E-state index in [1.165, 1.54) is 32.1 Å². The molecule has 108 valence electrons. The van der Waals surface area contributed by atoms with Crippen molar-refractivity contribution in [2.75, 3.05) is 27.2 Å². The van der Waals surface area contributed by atoms with Crippen LogP contribution in [0.3, 0.4) is 0 Å². The summed E-state index contributed by atoms with van der Waals surface area (Å²) in [6.07, 6.45) is 6.52. The maximum atomic E-state index is 9.45. The van der Waals surface area contributed by atoms with E-state index in [9.17, 15) is 5.11 Å². The van der Waals surface area contributed by atoms with Gasteiger partial charge in [-0.1, -0.05) is 19.8 Å². The third-order valence-corrected chi connectivity index (χ3v) is 4.28. The molecular weight excluding hydrogens is 224 g/mol. The largest absolute Gasteiger partial charge is 0.392 e. The van der Waals surface area contributed by atoms with Gasteiger partial charge in [-0.2, -0.15) is 0 Å². The lowest BCUT2D eigenvalue weighted by Crippen LogP contribution is -2.44. The van der Waals surface area contributed by atoms with Gasteiger partial charge in [-0.05, 0) is 52.1 Å². The van der Waals surface area contributed by atoms with E-state index in [0.717, 1.165) is 24.9 Å². The molecule has 0 amide bonds. The zero-order valence-electron chi connectivity index (χ0n) is 12.7. The van der Waals surface area contributed by atoms with Gasteiger partial charge in [-0.3, -0.25) is 0 Å². The number of aliphatic hydroxyl groups excluding tert-OH is 1. The van der Waals surface area contributed by atoms with Gasteiger partial charge in [0, 0.05) is 19.1 Å². The Hall–Kier alpha value is -0.120. The van der Waals surface area contributed by atoms with Crippen molar-refractivity contribution in [1.82, 2.24) is 10.2 Å². The van der Waals surface area contributed by atoms with Crippen molar-refractivity contribution < 1.29 is 5.11 Å². The molecule has 18 heavy (non-hydrogen) atoms. The standard InChI is InChI=1S/C15H32N2O/c1-5-6-13-7-8-15(16-3)14(9-13)11-17(4)10-12(2)18/h12-16,18H,5-11H2,1-4H3. The maximum absolute atomic E-state index is 9.45. The number of hydrogen-bond donors (Lipinski definition) is 2. The Morgan fingerprint density at radius 3 is 2.67 bits per heavy atom. The van der Waals surface area contributed by atoms with Crippen molar-refractivity contribution in [3.63, 3.8) is 0 Å². The van der Waals surface area contributed by atoms with Crippen molar-refractivity contribution in [3.8, 4) is 0 Å². The second-order valence-electron chi connectivity index (χ2n) is 6.19. The second kappa shape index (κ2) is 8.13. The van der Waals surface area contributed by atoms with Crippen LogP contribution in [0.5, 0.6) is 0 Å². The smallest absolute Gasteiger partial charge is 0.0638 e. The minimum Gasteiger partial charge on any atom is -0.392 e. The normalized spacial score (nSPS) is 30.7. The van der Waals surface area contributed by atoms with Crippen LogP contribution >= 0.6 is 0 Å². The second-order valence-corrected chi connectivity index (χ2v) is 6.19. The third kappa shape index (κ3) is 5.25. The monoisotopic (exact) mass is 256 g/mol. The summed E-state index contributed by atoms with van der Waals surface area (Å²) in [6, 6.07) is 0.662. The molecule has 0 aromatic rings. The molecule has 1 rings (SSSR count). The Kier molecular flexibility index (Phi) is 7.20. The van der Waals surface area contributed by atoms with Crippen LogP contribution in [0, 0.1) is 11.8 Å². The van der Waals surface area contributed by atoms with E-state index in [2.05, 4.69) is 31.2 Å². The van der Waals surface area contributed by atoms with E-state index < -0.39 is 0 Å². The minimum atomic E-state index is -0.224. The molecule has 1 fully saturated rings. The molecule has 0 bridgehead atoms. The average molecular weight is 256 g/mol. The molecular formula is C15H32N2O. The molecule has 0 spiro atoms. The molecule has 3 nitrogen and oxygen atoms in total. The molecule has 0 heterocycles. The highest BCUT2D eigenvalue weighted by Gasteiger charge is 2.29. The SMILES string of the molecule is CCCC1CCC(NC)C(CN(C)CC(C)O)C1. The molecule has 4 atom stereocenters. The Balaban J connectivity index is 2.46. The first-order valence-electron chi connectivity index (χ1n) is 7.60. The van der Waals surface area contributed by atoms with Crippen molar-refractivity contribution >= 4 is 0 Å². The van der Waals surface area contributed by atoms with Crippen LogP contribution in [0.1, 0.15) is 46.0 Å². The van der Waals surface area contributed by atoms with E-state index >= 15 is 0 Å². The quantitative estimate of drug-likeness (QED) is 0.732. The summed E-state index contributed by atoms with van der Waals surface area (Å²) in [6.45, 7) is 6.05. The number of likely N-dealkylation sites (N-methyl/N-ethyl adjacent to an activating group) is 1. The van der Waals surface area contributed by atoms with Crippen LogP contribution < -0.4 is 5.32 Å². The van der Waals surface area contributed by atoms with Gasteiger partial charge < -0.3 is 15.3 Å². The summed E-state index contributed by atoms with van der Waals surface area (Å²) >= 11 is 0. The van der Waals surface area contributed by atoms with E-state index in [-0.39, 0.29) is 6.10 Å². The lowest BCUT2D eigenvalue weighted by atomic mass is 9.76. The zero-order chi connectivity index (χ0) is 13.5.